The van der Waals surface area contributed by atoms with E-state index < -0.39 is 17.7 Å². The lowest BCUT2D eigenvalue weighted by Crippen LogP contribution is -2.37. The lowest BCUT2D eigenvalue weighted by atomic mass is 10.2. The fourth-order valence-electron chi connectivity index (χ4n) is 2.12. The third-order valence-electron chi connectivity index (χ3n) is 3.51. The van der Waals surface area contributed by atoms with Crippen molar-refractivity contribution in [2.75, 3.05) is 27.2 Å². The summed E-state index contributed by atoms with van der Waals surface area (Å²) < 4.78 is 13.9. The van der Waals surface area contributed by atoms with E-state index in [2.05, 4.69) is 9.97 Å². The highest BCUT2D eigenvalue weighted by Gasteiger charge is 2.20. The van der Waals surface area contributed by atoms with E-state index in [-0.39, 0.29) is 17.9 Å². The van der Waals surface area contributed by atoms with Crippen molar-refractivity contribution in [3.63, 3.8) is 0 Å². The fourth-order valence-corrected chi connectivity index (χ4v) is 2.12. The first-order chi connectivity index (χ1) is 11.9. The monoisotopic (exact) mass is 346 g/mol. The van der Waals surface area contributed by atoms with E-state index in [1.54, 1.807) is 18.2 Å². The third kappa shape index (κ3) is 5.05. The summed E-state index contributed by atoms with van der Waals surface area (Å²) in [6.07, 6.45) is 2.15. The predicted octanol–water partition coefficient (Wildman–Crippen LogP) is 1.52. The number of carboxylic acids is 1. The molecule has 8 heteroatoms. The van der Waals surface area contributed by atoms with Gasteiger partial charge in [-0.15, -0.1) is 0 Å². The molecule has 1 amide bonds. The van der Waals surface area contributed by atoms with Crippen molar-refractivity contribution >= 4 is 11.9 Å². The van der Waals surface area contributed by atoms with Gasteiger partial charge in [0, 0.05) is 25.2 Å². The molecule has 0 atom stereocenters. The van der Waals surface area contributed by atoms with Crippen LogP contribution in [0.5, 0.6) is 0 Å². The number of amides is 1. The van der Waals surface area contributed by atoms with Gasteiger partial charge in [-0.1, -0.05) is 18.2 Å². The summed E-state index contributed by atoms with van der Waals surface area (Å²) in [5.74, 6) is -2.05. The van der Waals surface area contributed by atoms with Crippen LogP contribution in [-0.2, 0) is 6.54 Å². The number of benzene rings is 1. The van der Waals surface area contributed by atoms with Gasteiger partial charge in [-0.25, -0.2) is 19.2 Å². The van der Waals surface area contributed by atoms with Crippen LogP contribution in [0.3, 0.4) is 0 Å². The molecule has 25 heavy (non-hydrogen) atoms. The molecule has 0 aliphatic heterocycles. The second kappa shape index (κ2) is 8.29. The minimum Gasteiger partial charge on any atom is -0.476 e. The van der Waals surface area contributed by atoms with Crippen molar-refractivity contribution in [3.05, 3.63) is 59.4 Å². The van der Waals surface area contributed by atoms with Gasteiger partial charge in [0.25, 0.3) is 5.91 Å². The first-order valence-electron chi connectivity index (χ1n) is 7.61. The van der Waals surface area contributed by atoms with Gasteiger partial charge in [-0.3, -0.25) is 4.79 Å². The number of aromatic nitrogens is 2. The summed E-state index contributed by atoms with van der Waals surface area (Å²) >= 11 is 0. The lowest BCUT2D eigenvalue weighted by Gasteiger charge is -2.24. The molecule has 0 radical (unpaired) electrons. The number of nitrogens with zero attached hydrogens (tertiary/aromatic N) is 4. The van der Waals surface area contributed by atoms with Crippen molar-refractivity contribution in [2.45, 2.75) is 6.54 Å². The normalized spacial score (nSPS) is 10.7. The van der Waals surface area contributed by atoms with Gasteiger partial charge >= 0.3 is 5.97 Å². The number of carboxylic acid groups (broad SMARTS) is 1. The highest BCUT2D eigenvalue weighted by atomic mass is 19.1. The first-order valence-corrected chi connectivity index (χ1v) is 7.61. The Bertz CT molecular complexity index is 750. The van der Waals surface area contributed by atoms with Crippen molar-refractivity contribution in [1.29, 1.82) is 0 Å². The van der Waals surface area contributed by atoms with E-state index in [1.165, 1.54) is 11.0 Å². The van der Waals surface area contributed by atoms with Crippen LogP contribution in [0, 0.1) is 5.82 Å². The molecule has 7 nitrogen and oxygen atoms in total. The zero-order valence-electron chi connectivity index (χ0n) is 14.0. The van der Waals surface area contributed by atoms with Gasteiger partial charge in [-0.05, 0) is 20.2 Å². The standard InChI is InChI=1S/C17H19FN4O3/c1-21(2)7-8-22(11-12-5-3-4-6-13(12)18)16(23)14-9-20-15(10-19-14)17(24)25/h3-6,9-10H,7-8,11H2,1-2H3,(H,24,25). The second-order valence-electron chi connectivity index (χ2n) is 5.71. The van der Waals surface area contributed by atoms with E-state index >= 15 is 0 Å². The molecule has 0 spiro atoms. The first kappa shape index (κ1) is 18.5. The highest BCUT2D eigenvalue weighted by molar-refractivity contribution is 5.92. The molecule has 1 aromatic carbocycles. The van der Waals surface area contributed by atoms with Gasteiger partial charge < -0.3 is 14.9 Å². The average molecular weight is 346 g/mol. The SMILES string of the molecule is CN(C)CCN(Cc1ccccc1F)C(=O)c1cnc(C(=O)O)cn1. The van der Waals surface area contributed by atoms with Crippen LogP contribution in [0.25, 0.3) is 0 Å². The fraction of sp³-hybridized carbons (Fsp3) is 0.294. The number of hydrogen-bond acceptors (Lipinski definition) is 5. The van der Waals surface area contributed by atoms with Crippen molar-refractivity contribution in [3.8, 4) is 0 Å². The Morgan fingerprint density at radius 2 is 1.72 bits per heavy atom. The number of rotatable bonds is 7. The van der Waals surface area contributed by atoms with Crippen LogP contribution in [-0.4, -0.2) is 63.9 Å². The Kier molecular flexibility index (Phi) is 6.13. The average Bonchev–Trinajstić information content (AvgIpc) is 2.59. The molecule has 2 aromatic rings. The quantitative estimate of drug-likeness (QED) is 0.818. The molecule has 132 valence electrons. The number of carbonyl (C=O) groups is 2. The molecule has 0 fully saturated rings. The molecule has 0 saturated heterocycles. The Hall–Kier alpha value is -2.87. The number of likely N-dealkylation sites (N-methyl/N-ethyl adjacent to an activating group) is 1. The Balaban J connectivity index is 2.22. The van der Waals surface area contributed by atoms with Crippen molar-refractivity contribution in [1.82, 2.24) is 19.8 Å². The summed E-state index contributed by atoms with van der Waals surface area (Å²) in [6.45, 7) is 1.03. The van der Waals surface area contributed by atoms with Gasteiger partial charge in [0.2, 0.25) is 0 Å². The van der Waals surface area contributed by atoms with Crippen molar-refractivity contribution < 1.29 is 19.1 Å². The van der Waals surface area contributed by atoms with E-state index in [4.69, 9.17) is 5.11 Å². The summed E-state index contributed by atoms with van der Waals surface area (Å²) in [5.41, 5.74) is 0.162. The molecule has 0 aliphatic carbocycles. The van der Waals surface area contributed by atoms with Gasteiger partial charge in [0.05, 0.1) is 12.4 Å². The maximum atomic E-state index is 13.9. The Morgan fingerprint density at radius 3 is 2.28 bits per heavy atom. The molecule has 2 rings (SSSR count). The van der Waals surface area contributed by atoms with E-state index in [9.17, 15) is 14.0 Å². The molecule has 0 bridgehead atoms. The number of aromatic carboxylic acids is 1. The van der Waals surface area contributed by atoms with E-state index in [0.29, 0.717) is 18.7 Å². The summed E-state index contributed by atoms with van der Waals surface area (Å²) in [6, 6.07) is 6.24. The maximum absolute atomic E-state index is 13.9. The molecule has 1 heterocycles. The largest absolute Gasteiger partial charge is 0.476 e. The second-order valence-corrected chi connectivity index (χ2v) is 5.71. The Morgan fingerprint density at radius 1 is 1.08 bits per heavy atom. The smallest absolute Gasteiger partial charge is 0.356 e. The van der Waals surface area contributed by atoms with Crippen LogP contribution in [0.15, 0.2) is 36.7 Å². The molecular formula is C17H19FN4O3. The minimum absolute atomic E-state index is 0.0140. The van der Waals surface area contributed by atoms with Crippen molar-refractivity contribution in [2.24, 2.45) is 0 Å². The van der Waals surface area contributed by atoms with E-state index in [0.717, 1.165) is 12.4 Å². The maximum Gasteiger partial charge on any atom is 0.356 e. The topological polar surface area (TPSA) is 86.6 Å². The van der Waals surface area contributed by atoms with Gasteiger partial charge in [0.1, 0.15) is 11.5 Å². The molecule has 0 unspecified atom stereocenters. The van der Waals surface area contributed by atoms with Gasteiger partial charge in [0.15, 0.2) is 5.69 Å². The van der Waals surface area contributed by atoms with Crippen LogP contribution in [0.4, 0.5) is 4.39 Å². The highest BCUT2D eigenvalue weighted by Crippen LogP contribution is 2.12. The molecule has 1 aromatic heterocycles. The predicted molar refractivity (Wildman–Crippen MR) is 88.7 cm³/mol. The molecular weight excluding hydrogens is 327 g/mol. The zero-order chi connectivity index (χ0) is 18.4. The van der Waals surface area contributed by atoms with Crippen LogP contribution < -0.4 is 0 Å². The summed E-state index contributed by atoms with van der Waals surface area (Å²) in [5, 5.41) is 8.85. The summed E-state index contributed by atoms with van der Waals surface area (Å²) in [7, 11) is 3.74. The third-order valence-corrected chi connectivity index (χ3v) is 3.51. The van der Waals surface area contributed by atoms with Crippen LogP contribution >= 0.6 is 0 Å². The van der Waals surface area contributed by atoms with Gasteiger partial charge in [-0.2, -0.15) is 0 Å². The lowest BCUT2D eigenvalue weighted by molar-refractivity contribution is 0.0683. The van der Waals surface area contributed by atoms with E-state index in [1.807, 2.05) is 19.0 Å². The number of carbonyl (C=O) groups excluding carboxylic acids is 1. The van der Waals surface area contributed by atoms with Crippen LogP contribution in [0.2, 0.25) is 0 Å². The minimum atomic E-state index is -1.22. The Labute approximate surface area is 144 Å². The number of hydrogen-bond donors (Lipinski definition) is 1. The number of halogens is 1. The summed E-state index contributed by atoms with van der Waals surface area (Å²) in [4.78, 5) is 34.5. The zero-order valence-corrected chi connectivity index (χ0v) is 14.0. The molecule has 0 saturated carbocycles. The molecule has 1 N–H and O–H groups in total. The molecule has 0 aliphatic rings. The van der Waals surface area contributed by atoms with Crippen LogP contribution in [0.1, 0.15) is 26.5 Å².